The molecule has 1 nitrogen and oxygen atoms in total. The normalized spacial score (nSPS) is 40.7. The van der Waals surface area contributed by atoms with Crippen LogP contribution in [0.25, 0.3) is 0 Å². The largest absolute Gasteiger partial charge is 0.594 e. The van der Waals surface area contributed by atoms with Crippen LogP contribution in [0.3, 0.4) is 0 Å². The molecule has 3 atom stereocenters. The molecule has 0 aromatic heterocycles. The van der Waals surface area contributed by atoms with Crippen LogP contribution in [0.1, 0.15) is 6.92 Å². The summed E-state index contributed by atoms with van der Waals surface area (Å²) in [6.07, 6.45) is 5.26. The smallest absolute Gasteiger partial charge is 0.108 e. The summed E-state index contributed by atoms with van der Waals surface area (Å²) in [5.41, 5.74) is 0. The van der Waals surface area contributed by atoms with Crippen molar-refractivity contribution >= 4 is 30.8 Å². The lowest BCUT2D eigenvalue weighted by atomic mass is 10.1. The van der Waals surface area contributed by atoms with Gasteiger partial charge < -0.3 is 4.55 Å². The van der Waals surface area contributed by atoms with Crippen LogP contribution in [0, 0.1) is 18.3 Å². The quantitative estimate of drug-likeness (QED) is 0.331. The SMILES string of the molecule is C#CC1CS[S+]([O-])S[C@@H]1C. The van der Waals surface area contributed by atoms with Gasteiger partial charge in [-0.1, -0.05) is 0 Å². The van der Waals surface area contributed by atoms with Crippen molar-refractivity contribution in [3.05, 3.63) is 0 Å². The van der Waals surface area contributed by atoms with Crippen molar-refractivity contribution in [2.75, 3.05) is 5.75 Å². The molecule has 0 saturated carbocycles. The molecule has 10 heavy (non-hydrogen) atoms. The molecule has 0 amide bonds. The molecule has 1 heterocycles. The van der Waals surface area contributed by atoms with E-state index in [1.807, 2.05) is 6.92 Å². The maximum absolute atomic E-state index is 10.9. The van der Waals surface area contributed by atoms with E-state index in [-0.39, 0.29) is 0 Å². The standard InChI is InChI=1S/C6H8OS3/c1-3-6-4-8-10(7)9-5(6)2/h1,5-6H,4H2,2H3/t5-,6?,10?/m1/s1. The zero-order valence-electron chi connectivity index (χ0n) is 5.57. The Morgan fingerprint density at radius 3 is 3.00 bits per heavy atom. The lowest BCUT2D eigenvalue weighted by molar-refractivity contribution is 0.620. The fourth-order valence-electron chi connectivity index (χ4n) is 0.667. The van der Waals surface area contributed by atoms with Crippen molar-refractivity contribution in [2.24, 2.45) is 5.92 Å². The molecule has 2 unspecified atom stereocenters. The second kappa shape index (κ2) is 3.82. The summed E-state index contributed by atoms with van der Waals surface area (Å²) in [7, 11) is 2.16. The van der Waals surface area contributed by atoms with Gasteiger partial charge in [-0.05, 0) is 6.92 Å². The molecule has 56 valence electrons. The molecular weight excluding hydrogens is 184 g/mol. The Labute approximate surface area is 71.7 Å². The number of terminal acetylenes is 1. The molecule has 0 aromatic carbocycles. The molecule has 4 heteroatoms. The maximum atomic E-state index is 10.9. The Bertz CT molecular complexity index is 154. The molecule has 1 aliphatic rings. The first-order valence-corrected chi connectivity index (χ1v) is 6.97. The Morgan fingerprint density at radius 1 is 1.80 bits per heavy atom. The van der Waals surface area contributed by atoms with Crippen LogP contribution in [-0.4, -0.2) is 15.6 Å². The molecule has 0 aromatic rings. The van der Waals surface area contributed by atoms with Crippen LogP contribution in [-0.2, 0) is 9.24 Å². The molecule has 0 radical (unpaired) electrons. The van der Waals surface area contributed by atoms with E-state index in [1.54, 1.807) is 0 Å². The molecule has 0 aliphatic carbocycles. The van der Waals surface area contributed by atoms with E-state index in [0.717, 1.165) is 5.75 Å². The molecule has 1 saturated heterocycles. The Kier molecular flexibility index (Phi) is 3.31. The third kappa shape index (κ3) is 2.03. The molecular formula is C6H8OS3. The van der Waals surface area contributed by atoms with Crippen LogP contribution >= 0.6 is 21.6 Å². The Morgan fingerprint density at radius 2 is 2.50 bits per heavy atom. The summed E-state index contributed by atoms with van der Waals surface area (Å²) >= 11 is 0. The van der Waals surface area contributed by atoms with Gasteiger partial charge in [-0.15, -0.1) is 12.3 Å². The van der Waals surface area contributed by atoms with Crippen LogP contribution < -0.4 is 0 Å². The van der Waals surface area contributed by atoms with Gasteiger partial charge in [-0.25, -0.2) is 0 Å². The molecule has 0 bridgehead atoms. The minimum absolute atomic E-state index is 0.299. The summed E-state index contributed by atoms with van der Waals surface area (Å²) in [4.78, 5) is 0. The monoisotopic (exact) mass is 192 g/mol. The average molecular weight is 192 g/mol. The average Bonchev–Trinajstić information content (AvgIpc) is 1.88. The highest BCUT2D eigenvalue weighted by Crippen LogP contribution is 2.40. The first kappa shape index (κ1) is 8.66. The van der Waals surface area contributed by atoms with Crippen molar-refractivity contribution in [3.63, 3.8) is 0 Å². The van der Waals surface area contributed by atoms with Gasteiger partial charge in [0.1, 0.15) is 21.6 Å². The fraction of sp³-hybridized carbons (Fsp3) is 0.667. The third-order valence-corrected chi connectivity index (χ3v) is 6.77. The van der Waals surface area contributed by atoms with Crippen LogP contribution in [0.5, 0.6) is 0 Å². The summed E-state index contributed by atoms with van der Waals surface area (Å²) in [6, 6.07) is 0. The molecule has 1 aliphatic heterocycles. The van der Waals surface area contributed by atoms with Crippen molar-refractivity contribution in [2.45, 2.75) is 12.2 Å². The van der Waals surface area contributed by atoms with Gasteiger partial charge >= 0.3 is 0 Å². The first-order chi connectivity index (χ1) is 4.74. The minimum atomic E-state index is -0.755. The van der Waals surface area contributed by atoms with E-state index < -0.39 is 9.24 Å². The van der Waals surface area contributed by atoms with Gasteiger partial charge in [-0.2, -0.15) is 0 Å². The number of rotatable bonds is 0. The van der Waals surface area contributed by atoms with Crippen molar-refractivity contribution in [3.8, 4) is 12.3 Å². The molecule has 1 fully saturated rings. The van der Waals surface area contributed by atoms with Crippen LogP contribution in [0.2, 0.25) is 0 Å². The van der Waals surface area contributed by atoms with Crippen LogP contribution in [0.4, 0.5) is 0 Å². The van der Waals surface area contributed by atoms with E-state index in [1.165, 1.54) is 21.6 Å². The Hall–Kier alpha value is 0.570. The van der Waals surface area contributed by atoms with Crippen LogP contribution in [0.15, 0.2) is 0 Å². The third-order valence-electron chi connectivity index (χ3n) is 1.35. The van der Waals surface area contributed by atoms with E-state index in [9.17, 15) is 4.55 Å². The van der Waals surface area contributed by atoms with Crippen molar-refractivity contribution < 1.29 is 4.55 Å². The lowest BCUT2D eigenvalue weighted by Gasteiger charge is -2.21. The van der Waals surface area contributed by atoms with E-state index in [2.05, 4.69) is 5.92 Å². The predicted molar refractivity (Wildman–Crippen MR) is 50.0 cm³/mol. The highest BCUT2D eigenvalue weighted by molar-refractivity contribution is 9.05. The fourth-order valence-corrected chi connectivity index (χ4v) is 6.24. The lowest BCUT2D eigenvalue weighted by Crippen LogP contribution is -2.21. The second-order valence-electron chi connectivity index (χ2n) is 2.06. The topological polar surface area (TPSA) is 23.1 Å². The van der Waals surface area contributed by atoms with E-state index in [0.29, 0.717) is 11.2 Å². The molecule has 0 spiro atoms. The number of hydrogen-bond donors (Lipinski definition) is 0. The zero-order chi connectivity index (χ0) is 7.56. The highest BCUT2D eigenvalue weighted by Gasteiger charge is 2.31. The van der Waals surface area contributed by atoms with Gasteiger partial charge in [0, 0.05) is 5.92 Å². The predicted octanol–water partition coefficient (Wildman–Crippen LogP) is 1.68. The van der Waals surface area contributed by atoms with E-state index >= 15 is 0 Å². The summed E-state index contributed by atoms with van der Waals surface area (Å²) in [5.74, 6) is 3.84. The summed E-state index contributed by atoms with van der Waals surface area (Å²) in [6.45, 7) is 2.03. The molecule has 0 N–H and O–H groups in total. The van der Waals surface area contributed by atoms with Gasteiger partial charge in [0.25, 0.3) is 0 Å². The first-order valence-electron chi connectivity index (χ1n) is 2.92. The zero-order valence-corrected chi connectivity index (χ0v) is 8.02. The maximum Gasteiger partial charge on any atom is 0.108 e. The second-order valence-corrected chi connectivity index (χ2v) is 7.71. The van der Waals surface area contributed by atoms with Gasteiger partial charge in [0.2, 0.25) is 0 Å². The van der Waals surface area contributed by atoms with Crippen molar-refractivity contribution in [1.82, 2.24) is 0 Å². The van der Waals surface area contributed by atoms with E-state index in [4.69, 9.17) is 6.42 Å². The van der Waals surface area contributed by atoms with Crippen molar-refractivity contribution in [1.29, 1.82) is 0 Å². The molecule has 1 rings (SSSR count). The van der Waals surface area contributed by atoms with Gasteiger partial charge in [-0.3, -0.25) is 0 Å². The minimum Gasteiger partial charge on any atom is -0.594 e. The highest BCUT2D eigenvalue weighted by atomic mass is 33.5. The summed E-state index contributed by atoms with van der Waals surface area (Å²) in [5, 5.41) is 0.354. The van der Waals surface area contributed by atoms with Gasteiger partial charge in [0.15, 0.2) is 0 Å². The van der Waals surface area contributed by atoms with Gasteiger partial charge in [0.05, 0.1) is 20.2 Å². The Balaban J connectivity index is 2.45. The summed E-state index contributed by atoms with van der Waals surface area (Å²) < 4.78 is 10.9. The number of hydrogen-bond acceptors (Lipinski definition) is 3.